The number of pyridine rings is 1. The highest BCUT2D eigenvalue weighted by molar-refractivity contribution is 5.81. The topological polar surface area (TPSA) is 28.2 Å². The van der Waals surface area contributed by atoms with Gasteiger partial charge in [-0.25, -0.2) is 4.98 Å². The highest BCUT2D eigenvalue weighted by atomic mass is 15.2. The lowest BCUT2D eigenvalue weighted by molar-refractivity contribution is 0.260. The standard InChI is InChI=1S/C17H23N3/c1-3-18-17-15(12-20-10-6-7-13(20)2)11-14-8-4-5-9-16(14)19-17/h4-5,8-9,11,13H,3,6-7,10,12H2,1-2H3,(H,18,19). The van der Waals surface area contributed by atoms with Gasteiger partial charge in [-0.2, -0.15) is 0 Å². The molecule has 1 fully saturated rings. The Morgan fingerprint density at radius 2 is 2.20 bits per heavy atom. The van der Waals surface area contributed by atoms with Crippen molar-refractivity contribution in [2.75, 3.05) is 18.4 Å². The molecule has 106 valence electrons. The van der Waals surface area contributed by atoms with Crippen LogP contribution in [0.2, 0.25) is 0 Å². The van der Waals surface area contributed by atoms with Crippen LogP contribution in [-0.4, -0.2) is 29.0 Å². The van der Waals surface area contributed by atoms with Crippen LogP contribution in [0.1, 0.15) is 32.3 Å². The van der Waals surface area contributed by atoms with Crippen molar-refractivity contribution in [2.45, 2.75) is 39.3 Å². The Balaban J connectivity index is 1.96. The highest BCUT2D eigenvalue weighted by Crippen LogP contribution is 2.25. The summed E-state index contributed by atoms with van der Waals surface area (Å²) in [5, 5.41) is 4.65. The number of aromatic nitrogens is 1. The maximum absolute atomic E-state index is 4.79. The molecular weight excluding hydrogens is 246 g/mol. The van der Waals surface area contributed by atoms with Gasteiger partial charge in [0, 0.05) is 30.1 Å². The Kier molecular flexibility index (Phi) is 3.88. The number of hydrogen-bond donors (Lipinski definition) is 1. The van der Waals surface area contributed by atoms with Gasteiger partial charge in [0.05, 0.1) is 5.52 Å². The summed E-state index contributed by atoms with van der Waals surface area (Å²) in [5.41, 5.74) is 2.39. The van der Waals surface area contributed by atoms with Gasteiger partial charge in [-0.15, -0.1) is 0 Å². The first kappa shape index (κ1) is 13.4. The Labute approximate surface area is 121 Å². The summed E-state index contributed by atoms with van der Waals surface area (Å²) in [6, 6.07) is 11.3. The fraction of sp³-hybridized carbons (Fsp3) is 0.471. The fourth-order valence-corrected chi connectivity index (χ4v) is 3.05. The summed E-state index contributed by atoms with van der Waals surface area (Å²) in [4.78, 5) is 7.36. The number of para-hydroxylation sites is 1. The van der Waals surface area contributed by atoms with Crippen molar-refractivity contribution < 1.29 is 0 Å². The number of fused-ring (bicyclic) bond motifs is 1. The van der Waals surface area contributed by atoms with Gasteiger partial charge in [0.25, 0.3) is 0 Å². The summed E-state index contributed by atoms with van der Waals surface area (Å²) in [7, 11) is 0. The number of benzene rings is 1. The van der Waals surface area contributed by atoms with Gasteiger partial charge in [0.2, 0.25) is 0 Å². The largest absolute Gasteiger partial charge is 0.370 e. The van der Waals surface area contributed by atoms with Crippen LogP contribution < -0.4 is 5.32 Å². The van der Waals surface area contributed by atoms with Crippen LogP contribution in [-0.2, 0) is 6.54 Å². The van der Waals surface area contributed by atoms with Gasteiger partial charge in [-0.05, 0) is 45.4 Å². The predicted octanol–water partition coefficient (Wildman–Crippen LogP) is 3.65. The molecule has 20 heavy (non-hydrogen) atoms. The van der Waals surface area contributed by atoms with Gasteiger partial charge in [-0.3, -0.25) is 4.90 Å². The molecule has 1 N–H and O–H groups in total. The molecule has 1 aromatic carbocycles. The van der Waals surface area contributed by atoms with E-state index in [4.69, 9.17) is 4.98 Å². The second-order valence-corrected chi connectivity index (χ2v) is 5.68. The van der Waals surface area contributed by atoms with Crippen LogP contribution in [0.5, 0.6) is 0 Å². The Morgan fingerprint density at radius 1 is 1.35 bits per heavy atom. The predicted molar refractivity (Wildman–Crippen MR) is 85.0 cm³/mol. The van der Waals surface area contributed by atoms with E-state index in [0.29, 0.717) is 6.04 Å². The molecule has 1 aliphatic rings. The number of likely N-dealkylation sites (tertiary alicyclic amines) is 1. The lowest BCUT2D eigenvalue weighted by atomic mass is 10.1. The first-order valence-electron chi connectivity index (χ1n) is 7.64. The Hall–Kier alpha value is -1.61. The molecule has 1 aliphatic heterocycles. The summed E-state index contributed by atoms with van der Waals surface area (Å²) in [5.74, 6) is 1.05. The number of nitrogens with zero attached hydrogens (tertiary/aromatic N) is 2. The highest BCUT2D eigenvalue weighted by Gasteiger charge is 2.21. The molecule has 1 saturated heterocycles. The van der Waals surface area contributed by atoms with E-state index in [0.717, 1.165) is 24.4 Å². The van der Waals surface area contributed by atoms with Crippen molar-refractivity contribution >= 4 is 16.7 Å². The molecule has 3 rings (SSSR count). The third-order valence-electron chi connectivity index (χ3n) is 4.21. The van der Waals surface area contributed by atoms with E-state index in [1.165, 1.54) is 30.3 Å². The molecule has 0 amide bonds. The minimum absolute atomic E-state index is 0.691. The van der Waals surface area contributed by atoms with Gasteiger partial charge >= 0.3 is 0 Å². The molecule has 1 atom stereocenters. The van der Waals surface area contributed by atoms with Gasteiger partial charge in [0.1, 0.15) is 5.82 Å². The summed E-state index contributed by atoms with van der Waals surface area (Å²) in [6.07, 6.45) is 2.64. The van der Waals surface area contributed by atoms with Crippen LogP contribution in [0, 0.1) is 0 Å². The molecule has 3 nitrogen and oxygen atoms in total. The zero-order valence-corrected chi connectivity index (χ0v) is 12.4. The fourth-order valence-electron chi connectivity index (χ4n) is 3.05. The van der Waals surface area contributed by atoms with E-state index in [-0.39, 0.29) is 0 Å². The molecule has 1 unspecified atom stereocenters. The monoisotopic (exact) mass is 269 g/mol. The Bertz CT molecular complexity index is 594. The minimum Gasteiger partial charge on any atom is -0.370 e. The second-order valence-electron chi connectivity index (χ2n) is 5.68. The average molecular weight is 269 g/mol. The zero-order chi connectivity index (χ0) is 13.9. The molecule has 0 radical (unpaired) electrons. The third kappa shape index (κ3) is 2.63. The molecule has 0 bridgehead atoms. The molecule has 0 spiro atoms. The minimum atomic E-state index is 0.691. The van der Waals surface area contributed by atoms with Crippen molar-refractivity contribution in [1.82, 2.24) is 9.88 Å². The summed E-state index contributed by atoms with van der Waals surface area (Å²) >= 11 is 0. The maximum Gasteiger partial charge on any atom is 0.131 e. The van der Waals surface area contributed by atoms with E-state index in [1.807, 2.05) is 6.07 Å². The number of nitrogens with one attached hydrogen (secondary N) is 1. The molecule has 3 heteroatoms. The van der Waals surface area contributed by atoms with Crippen LogP contribution >= 0.6 is 0 Å². The molecular formula is C17H23N3. The average Bonchev–Trinajstić information content (AvgIpc) is 2.85. The van der Waals surface area contributed by atoms with Crippen LogP contribution in [0.3, 0.4) is 0 Å². The van der Waals surface area contributed by atoms with Crippen molar-refractivity contribution in [3.8, 4) is 0 Å². The normalized spacial score (nSPS) is 19.6. The number of hydrogen-bond acceptors (Lipinski definition) is 3. The summed E-state index contributed by atoms with van der Waals surface area (Å²) < 4.78 is 0. The molecule has 1 aromatic heterocycles. The molecule has 0 aliphatic carbocycles. The van der Waals surface area contributed by atoms with Crippen molar-refractivity contribution in [2.24, 2.45) is 0 Å². The van der Waals surface area contributed by atoms with E-state index in [9.17, 15) is 0 Å². The van der Waals surface area contributed by atoms with E-state index in [2.05, 4.69) is 48.3 Å². The maximum atomic E-state index is 4.79. The third-order valence-corrected chi connectivity index (χ3v) is 4.21. The van der Waals surface area contributed by atoms with Crippen LogP contribution in [0.25, 0.3) is 10.9 Å². The second kappa shape index (κ2) is 5.80. The van der Waals surface area contributed by atoms with Crippen LogP contribution in [0.15, 0.2) is 30.3 Å². The zero-order valence-electron chi connectivity index (χ0n) is 12.4. The summed E-state index contributed by atoms with van der Waals surface area (Å²) in [6.45, 7) is 7.57. The molecule has 2 aromatic rings. The SMILES string of the molecule is CCNc1nc2ccccc2cc1CN1CCCC1C. The van der Waals surface area contributed by atoms with Crippen molar-refractivity contribution in [1.29, 1.82) is 0 Å². The van der Waals surface area contributed by atoms with Crippen LogP contribution in [0.4, 0.5) is 5.82 Å². The Morgan fingerprint density at radius 3 is 2.95 bits per heavy atom. The molecule has 2 heterocycles. The smallest absolute Gasteiger partial charge is 0.131 e. The van der Waals surface area contributed by atoms with Crippen molar-refractivity contribution in [3.05, 3.63) is 35.9 Å². The lowest BCUT2D eigenvalue weighted by Gasteiger charge is -2.22. The van der Waals surface area contributed by atoms with E-state index >= 15 is 0 Å². The first-order valence-corrected chi connectivity index (χ1v) is 7.64. The van der Waals surface area contributed by atoms with Gasteiger partial charge in [0.15, 0.2) is 0 Å². The van der Waals surface area contributed by atoms with Gasteiger partial charge < -0.3 is 5.32 Å². The first-order chi connectivity index (χ1) is 9.78. The lowest BCUT2D eigenvalue weighted by Crippen LogP contribution is -2.26. The number of anilines is 1. The van der Waals surface area contributed by atoms with Gasteiger partial charge in [-0.1, -0.05) is 18.2 Å². The van der Waals surface area contributed by atoms with E-state index < -0.39 is 0 Å². The number of rotatable bonds is 4. The molecule has 0 saturated carbocycles. The van der Waals surface area contributed by atoms with Crippen molar-refractivity contribution in [3.63, 3.8) is 0 Å². The van der Waals surface area contributed by atoms with E-state index in [1.54, 1.807) is 0 Å². The quantitative estimate of drug-likeness (QED) is 0.918.